The minimum Gasteiger partial charge on any atom is -0.493 e. The first-order chi connectivity index (χ1) is 15.4. The largest absolute Gasteiger partial charge is 0.493 e. The van der Waals surface area contributed by atoms with Gasteiger partial charge in [0.15, 0.2) is 11.5 Å². The number of hydrogen-bond acceptors (Lipinski definition) is 6. The van der Waals surface area contributed by atoms with E-state index in [0.717, 1.165) is 5.75 Å². The maximum Gasteiger partial charge on any atom is 0.325 e. The monoisotopic (exact) mass is 473 g/mol. The lowest BCUT2D eigenvalue weighted by Crippen LogP contribution is -2.60. The maximum absolute atomic E-state index is 13.2. The molecule has 0 fully saturated rings. The third-order valence-electron chi connectivity index (χ3n) is 5.16. The lowest BCUT2D eigenvalue weighted by molar-refractivity contribution is -0.763. The molecule has 1 N–H and O–H groups in total. The molecule has 0 saturated carbocycles. The van der Waals surface area contributed by atoms with E-state index in [1.807, 2.05) is 19.1 Å². The van der Waals surface area contributed by atoms with Crippen LogP contribution in [0.2, 0.25) is 5.02 Å². The van der Waals surface area contributed by atoms with Crippen LogP contribution in [0.4, 0.5) is 5.69 Å². The number of methoxy groups -OCH3 is 2. The van der Waals surface area contributed by atoms with Crippen molar-refractivity contribution in [3.05, 3.63) is 57.3 Å². The number of H-pyrrole nitrogens is 1. The van der Waals surface area contributed by atoms with Gasteiger partial charge in [-0.3, -0.25) is 14.6 Å². The number of halogens is 1. The van der Waals surface area contributed by atoms with E-state index in [1.54, 1.807) is 33.8 Å². The van der Waals surface area contributed by atoms with Crippen LogP contribution in [0.1, 0.15) is 25.6 Å². The number of benzene rings is 2. The average Bonchev–Trinajstić information content (AvgIpc) is 2.77. The summed E-state index contributed by atoms with van der Waals surface area (Å²) < 4.78 is 12.4. The molecule has 32 heavy (non-hydrogen) atoms. The third-order valence-corrected chi connectivity index (χ3v) is 6.23. The number of amides is 1. The topological polar surface area (TPSA) is 88.4 Å². The summed E-state index contributed by atoms with van der Waals surface area (Å²) in [7, 11) is 3.04. The molecular formula is C22H22ClN4O4S+. The van der Waals surface area contributed by atoms with Gasteiger partial charge in [0.25, 0.3) is 6.17 Å². The first kappa shape index (κ1) is 22.2. The Labute approximate surface area is 194 Å². The van der Waals surface area contributed by atoms with Crippen molar-refractivity contribution in [2.75, 3.05) is 24.9 Å². The molecule has 2 heterocycles. The van der Waals surface area contributed by atoms with E-state index in [1.165, 1.54) is 32.9 Å². The van der Waals surface area contributed by atoms with Crippen LogP contribution in [0.25, 0.3) is 11.3 Å². The van der Waals surface area contributed by atoms with Crippen LogP contribution in [0.5, 0.6) is 11.5 Å². The second kappa shape index (κ2) is 8.84. The number of rotatable bonds is 5. The Morgan fingerprint density at radius 1 is 1.25 bits per heavy atom. The van der Waals surface area contributed by atoms with Crippen molar-refractivity contribution < 1.29 is 19.0 Å². The highest BCUT2D eigenvalue weighted by Crippen LogP contribution is 2.42. The normalized spacial score (nSPS) is 14.5. The molecular weight excluding hydrogens is 452 g/mol. The molecule has 0 bridgehead atoms. The lowest BCUT2D eigenvalue weighted by atomic mass is 10.0. The van der Waals surface area contributed by atoms with Crippen LogP contribution in [-0.4, -0.2) is 36.0 Å². The number of nitrogens with zero attached hydrogens (tertiary/aromatic N) is 3. The highest BCUT2D eigenvalue weighted by atomic mass is 35.5. The summed E-state index contributed by atoms with van der Waals surface area (Å²) in [6.45, 7) is 3.44. The number of nitrogens with one attached hydrogen (secondary N) is 1. The molecule has 0 spiro atoms. The molecule has 1 atom stereocenters. The number of hydrogen-bond donors (Lipinski definition) is 1. The molecule has 166 valence electrons. The van der Waals surface area contributed by atoms with Crippen LogP contribution in [0.15, 0.2) is 46.3 Å². The molecule has 2 aromatic carbocycles. The number of thioether (sulfide) groups is 1. The summed E-state index contributed by atoms with van der Waals surface area (Å²) in [5.74, 6) is 1.40. The SMILES string of the molecule is CCSc1n[n+]2c(c(=O)[nH]1)-c1ccccc1N(C(C)=O)C2c1cc(OC)c(OC)cc1Cl. The molecule has 1 aromatic heterocycles. The van der Waals surface area contributed by atoms with Gasteiger partial charge in [-0.2, -0.15) is 0 Å². The molecule has 8 nitrogen and oxygen atoms in total. The summed E-state index contributed by atoms with van der Waals surface area (Å²) in [6, 6.07) is 10.6. The van der Waals surface area contributed by atoms with Gasteiger partial charge in [-0.25, -0.2) is 4.90 Å². The molecule has 10 heteroatoms. The Morgan fingerprint density at radius 3 is 2.59 bits per heavy atom. The van der Waals surface area contributed by atoms with Gasteiger partial charge in [0.05, 0.1) is 36.1 Å². The van der Waals surface area contributed by atoms with E-state index in [4.69, 9.17) is 26.2 Å². The van der Waals surface area contributed by atoms with Crippen molar-refractivity contribution in [2.45, 2.75) is 25.2 Å². The van der Waals surface area contributed by atoms with Crippen molar-refractivity contribution in [3.8, 4) is 22.8 Å². The van der Waals surface area contributed by atoms with Gasteiger partial charge in [-0.05, 0) is 28.6 Å². The molecule has 0 radical (unpaired) electrons. The van der Waals surface area contributed by atoms with Crippen molar-refractivity contribution in [1.82, 2.24) is 10.1 Å². The fraction of sp³-hybridized carbons (Fsp3) is 0.273. The summed E-state index contributed by atoms with van der Waals surface area (Å²) in [5.41, 5.74) is 1.80. The Kier molecular flexibility index (Phi) is 6.12. The third kappa shape index (κ3) is 3.61. The zero-order valence-corrected chi connectivity index (χ0v) is 19.6. The first-order valence-electron chi connectivity index (χ1n) is 9.90. The molecule has 1 aliphatic rings. The van der Waals surface area contributed by atoms with Gasteiger partial charge in [0.1, 0.15) is 0 Å². The van der Waals surface area contributed by atoms with E-state index >= 15 is 0 Å². The molecule has 1 aliphatic heterocycles. The number of ether oxygens (including phenoxy) is 2. The van der Waals surface area contributed by atoms with Gasteiger partial charge in [-0.1, -0.05) is 42.4 Å². The molecule has 1 unspecified atom stereocenters. The standard InChI is InChI=1S/C22H21ClN4O4S/c1-5-32-22-24-20(29)19-13-8-6-7-9-16(13)26(12(2)28)21(27(19)25-22)14-10-17(30-3)18(31-4)11-15(14)23/h6-11,21H,5H2,1-4H3/p+1. The lowest BCUT2D eigenvalue weighted by Gasteiger charge is -2.31. The maximum atomic E-state index is 13.2. The minimum atomic E-state index is -0.803. The van der Waals surface area contributed by atoms with Crippen molar-refractivity contribution in [1.29, 1.82) is 0 Å². The summed E-state index contributed by atoms with van der Waals surface area (Å²) in [5, 5.41) is 5.49. The second-order valence-corrected chi connectivity index (χ2v) is 8.65. The highest BCUT2D eigenvalue weighted by Gasteiger charge is 2.46. The van der Waals surface area contributed by atoms with E-state index in [0.29, 0.717) is 44.2 Å². The van der Waals surface area contributed by atoms with Gasteiger partial charge >= 0.3 is 11.3 Å². The Hall–Kier alpha value is -3.04. The van der Waals surface area contributed by atoms with Crippen LogP contribution in [0, 0.1) is 0 Å². The van der Waals surface area contributed by atoms with Crippen LogP contribution < -0.4 is 24.6 Å². The van der Waals surface area contributed by atoms with E-state index in [9.17, 15) is 9.59 Å². The first-order valence-corrected chi connectivity index (χ1v) is 11.3. The highest BCUT2D eigenvalue weighted by molar-refractivity contribution is 7.99. The predicted molar refractivity (Wildman–Crippen MR) is 123 cm³/mol. The Morgan fingerprint density at radius 2 is 1.94 bits per heavy atom. The van der Waals surface area contributed by atoms with Gasteiger partial charge in [-0.15, -0.1) is 0 Å². The number of para-hydroxylation sites is 1. The molecule has 0 aliphatic carbocycles. The van der Waals surface area contributed by atoms with Gasteiger partial charge in [0.2, 0.25) is 11.1 Å². The number of carbonyl (C=O) groups is 1. The van der Waals surface area contributed by atoms with Crippen molar-refractivity contribution in [2.24, 2.45) is 0 Å². The summed E-state index contributed by atoms with van der Waals surface area (Å²) in [4.78, 5) is 30.5. The van der Waals surface area contributed by atoms with E-state index in [-0.39, 0.29) is 11.5 Å². The molecule has 0 saturated heterocycles. The number of aromatic amines is 1. The molecule has 3 aromatic rings. The summed E-state index contributed by atoms with van der Waals surface area (Å²) >= 11 is 8.07. The minimum absolute atomic E-state index is 0.224. The van der Waals surface area contributed by atoms with Crippen LogP contribution in [-0.2, 0) is 4.79 Å². The van der Waals surface area contributed by atoms with Gasteiger partial charge < -0.3 is 9.47 Å². The second-order valence-electron chi connectivity index (χ2n) is 6.99. The molecule has 1 amide bonds. The zero-order valence-electron chi connectivity index (χ0n) is 18.0. The number of carbonyl (C=O) groups excluding carboxylic acids is 1. The fourth-order valence-electron chi connectivity index (χ4n) is 3.86. The molecule has 4 rings (SSSR count). The summed E-state index contributed by atoms with van der Waals surface area (Å²) in [6.07, 6.45) is -0.803. The van der Waals surface area contributed by atoms with E-state index in [2.05, 4.69) is 4.98 Å². The Balaban J connectivity index is 2.09. The van der Waals surface area contributed by atoms with Crippen LogP contribution in [0.3, 0.4) is 0 Å². The number of fused-ring (bicyclic) bond motifs is 3. The van der Waals surface area contributed by atoms with Crippen LogP contribution >= 0.6 is 23.4 Å². The average molecular weight is 474 g/mol. The zero-order chi connectivity index (χ0) is 23.0. The Bertz CT molecular complexity index is 1260. The fourth-order valence-corrected chi connectivity index (χ4v) is 4.70. The quantitative estimate of drug-likeness (QED) is 0.451. The smallest absolute Gasteiger partial charge is 0.325 e. The van der Waals surface area contributed by atoms with Crippen molar-refractivity contribution >= 4 is 35.0 Å². The van der Waals surface area contributed by atoms with Crippen molar-refractivity contribution in [3.63, 3.8) is 0 Å². The van der Waals surface area contributed by atoms with Gasteiger partial charge in [0, 0.05) is 18.1 Å². The number of anilines is 1. The number of aromatic nitrogens is 3. The van der Waals surface area contributed by atoms with E-state index < -0.39 is 6.17 Å². The predicted octanol–water partition coefficient (Wildman–Crippen LogP) is 3.42.